The Morgan fingerprint density at radius 2 is 1.52 bits per heavy atom. The van der Waals surface area contributed by atoms with Gasteiger partial charge in [0.1, 0.15) is 0 Å². The molecule has 0 aromatic heterocycles. The molecule has 4 bridgehead atoms. The van der Waals surface area contributed by atoms with Crippen molar-refractivity contribution in [3.05, 3.63) is 0 Å². The van der Waals surface area contributed by atoms with Crippen molar-refractivity contribution in [1.29, 1.82) is 0 Å². The smallest absolute Gasteiger partial charge is 0.309 e. The van der Waals surface area contributed by atoms with Gasteiger partial charge in [-0.05, 0) is 57.3 Å². The first-order valence-corrected chi connectivity index (χ1v) is 9.92. The van der Waals surface area contributed by atoms with E-state index < -0.39 is 43.5 Å². The molecule has 3 atom stereocenters. The fourth-order valence-corrected chi connectivity index (χ4v) is 7.00. The van der Waals surface area contributed by atoms with Crippen LogP contribution in [0.3, 0.4) is 0 Å². The predicted octanol–water partition coefficient (Wildman–Crippen LogP) is 1.23. The van der Waals surface area contributed by atoms with Crippen molar-refractivity contribution in [3.8, 4) is 0 Å². The molecule has 0 aromatic rings. The van der Waals surface area contributed by atoms with Crippen molar-refractivity contribution in [1.82, 2.24) is 0 Å². The number of carboxylic acid groups (broad SMARTS) is 1. The standard InChI is InChI=1S/C16H22O6S/c1-9(17)12(23(2,21)22)13(18)15-4-10-3-11(5-15)7-16(6-10,8-15)14(19)20/h10-12H,3-8H2,1-2H3,(H,19,20). The van der Waals surface area contributed by atoms with Crippen LogP contribution in [0.2, 0.25) is 0 Å². The second kappa shape index (κ2) is 4.88. The fourth-order valence-electron chi connectivity index (χ4n) is 5.76. The molecule has 23 heavy (non-hydrogen) atoms. The van der Waals surface area contributed by atoms with Crippen molar-refractivity contribution in [3.63, 3.8) is 0 Å². The van der Waals surface area contributed by atoms with Crippen LogP contribution in [0.1, 0.15) is 45.4 Å². The molecule has 0 amide bonds. The average molecular weight is 342 g/mol. The summed E-state index contributed by atoms with van der Waals surface area (Å²) in [6, 6.07) is 0. The summed E-state index contributed by atoms with van der Waals surface area (Å²) in [5.74, 6) is -1.83. The van der Waals surface area contributed by atoms with Crippen LogP contribution in [0.5, 0.6) is 0 Å². The second-order valence-electron chi connectivity index (χ2n) is 8.01. The van der Waals surface area contributed by atoms with E-state index in [2.05, 4.69) is 0 Å². The van der Waals surface area contributed by atoms with Gasteiger partial charge in [-0.3, -0.25) is 14.4 Å². The van der Waals surface area contributed by atoms with E-state index in [1.54, 1.807) is 0 Å². The minimum Gasteiger partial charge on any atom is -0.481 e. The maximum Gasteiger partial charge on any atom is 0.309 e. The third-order valence-corrected chi connectivity index (χ3v) is 7.48. The number of sulfone groups is 1. The first-order chi connectivity index (χ1) is 10.5. The Bertz CT molecular complexity index is 677. The van der Waals surface area contributed by atoms with Gasteiger partial charge < -0.3 is 5.11 Å². The summed E-state index contributed by atoms with van der Waals surface area (Å²) in [4.78, 5) is 36.7. The molecule has 6 nitrogen and oxygen atoms in total. The summed E-state index contributed by atoms with van der Waals surface area (Å²) in [7, 11) is -3.84. The molecule has 1 N–H and O–H groups in total. The van der Waals surface area contributed by atoms with Gasteiger partial charge in [0, 0.05) is 11.7 Å². The highest BCUT2D eigenvalue weighted by Crippen LogP contribution is 2.66. The molecular weight excluding hydrogens is 320 g/mol. The van der Waals surface area contributed by atoms with Crippen LogP contribution in [0.15, 0.2) is 0 Å². The largest absolute Gasteiger partial charge is 0.481 e. The van der Waals surface area contributed by atoms with Crippen LogP contribution in [0.25, 0.3) is 0 Å². The lowest BCUT2D eigenvalue weighted by molar-refractivity contribution is -0.178. The van der Waals surface area contributed by atoms with E-state index in [1.165, 1.54) is 0 Å². The zero-order valence-electron chi connectivity index (χ0n) is 13.4. The van der Waals surface area contributed by atoms with Crippen LogP contribution in [-0.4, -0.2) is 42.6 Å². The topological polar surface area (TPSA) is 106 Å². The Hall–Kier alpha value is -1.24. The van der Waals surface area contributed by atoms with Gasteiger partial charge in [0.2, 0.25) is 0 Å². The number of carboxylic acids is 1. The second-order valence-corrected chi connectivity index (χ2v) is 10.1. The van der Waals surface area contributed by atoms with Gasteiger partial charge in [0.05, 0.1) is 5.41 Å². The first-order valence-electron chi connectivity index (χ1n) is 7.96. The first kappa shape index (κ1) is 16.6. The number of carbonyl (C=O) groups is 3. The lowest BCUT2D eigenvalue weighted by Gasteiger charge is -2.60. The van der Waals surface area contributed by atoms with Crippen LogP contribution in [0.4, 0.5) is 0 Å². The summed E-state index contributed by atoms with van der Waals surface area (Å²) < 4.78 is 23.9. The van der Waals surface area contributed by atoms with Gasteiger partial charge >= 0.3 is 5.97 Å². The van der Waals surface area contributed by atoms with Crippen LogP contribution >= 0.6 is 0 Å². The van der Waals surface area contributed by atoms with Gasteiger partial charge in [-0.15, -0.1) is 0 Å². The van der Waals surface area contributed by atoms with E-state index in [0.717, 1.165) is 19.6 Å². The molecule has 7 heteroatoms. The van der Waals surface area contributed by atoms with E-state index >= 15 is 0 Å². The highest BCUT2D eigenvalue weighted by atomic mass is 32.2. The van der Waals surface area contributed by atoms with Gasteiger partial charge in [0.25, 0.3) is 0 Å². The van der Waals surface area contributed by atoms with Gasteiger partial charge in [-0.25, -0.2) is 8.42 Å². The molecule has 4 aliphatic carbocycles. The number of aliphatic carboxylic acids is 1. The van der Waals surface area contributed by atoms with Gasteiger partial charge in [0.15, 0.2) is 26.7 Å². The van der Waals surface area contributed by atoms with Gasteiger partial charge in [-0.1, -0.05) is 0 Å². The summed E-state index contributed by atoms with van der Waals surface area (Å²) in [6.45, 7) is 1.12. The normalized spacial score (nSPS) is 39.9. The minimum atomic E-state index is -3.84. The lowest BCUT2D eigenvalue weighted by atomic mass is 9.43. The fraction of sp³-hybridized carbons (Fsp3) is 0.812. The van der Waals surface area contributed by atoms with Crippen LogP contribution in [-0.2, 0) is 24.2 Å². The number of rotatable bonds is 5. The third-order valence-electron chi connectivity index (χ3n) is 6.07. The SMILES string of the molecule is CC(=O)C(C(=O)C12CC3CC(CC(C(=O)O)(C3)C1)C2)S(C)(=O)=O. The average Bonchev–Trinajstić information content (AvgIpc) is 2.34. The van der Waals surface area contributed by atoms with Crippen LogP contribution < -0.4 is 0 Å². The van der Waals surface area contributed by atoms with E-state index in [0.29, 0.717) is 25.7 Å². The van der Waals surface area contributed by atoms with E-state index in [1.807, 2.05) is 0 Å². The maximum absolute atomic E-state index is 13.1. The number of ketones is 2. The molecular formula is C16H22O6S. The van der Waals surface area contributed by atoms with Crippen LogP contribution in [0, 0.1) is 22.7 Å². The Kier molecular flexibility index (Phi) is 3.52. The maximum atomic E-state index is 13.1. The third kappa shape index (κ3) is 2.44. The molecule has 0 aromatic carbocycles. The monoisotopic (exact) mass is 342 g/mol. The molecule has 4 saturated carbocycles. The number of Topliss-reactive ketones (excluding diaryl/α,β-unsaturated/α-hetero) is 2. The predicted molar refractivity (Wildman–Crippen MR) is 81.5 cm³/mol. The Morgan fingerprint density at radius 3 is 1.91 bits per heavy atom. The summed E-state index contributed by atoms with van der Waals surface area (Å²) in [5, 5.41) is 8.04. The number of hydrogen-bond donors (Lipinski definition) is 1. The summed E-state index contributed by atoms with van der Waals surface area (Å²) >= 11 is 0. The number of hydrogen-bond acceptors (Lipinski definition) is 5. The Balaban J connectivity index is 2.03. The molecule has 0 saturated heterocycles. The molecule has 0 aliphatic heterocycles. The summed E-state index contributed by atoms with van der Waals surface area (Å²) in [5.41, 5.74) is -1.87. The Morgan fingerprint density at radius 1 is 1.04 bits per heavy atom. The quantitative estimate of drug-likeness (QED) is 0.753. The zero-order valence-corrected chi connectivity index (χ0v) is 14.2. The van der Waals surface area contributed by atoms with Crippen molar-refractivity contribution < 1.29 is 27.9 Å². The van der Waals surface area contributed by atoms with Gasteiger partial charge in [-0.2, -0.15) is 0 Å². The van der Waals surface area contributed by atoms with E-state index in [9.17, 15) is 27.9 Å². The van der Waals surface area contributed by atoms with Crippen molar-refractivity contribution >= 4 is 27.4 Å². The molecule has 4 aliphatic rings. The van der Waals surface area contributed by atoms with E-state index in [4.69, 9.17) is 0 Å². The molecule has 3 unspecified atom stereocenters. The molecule has 128 valence electrons. The molecule has 4 fully saturated rings. The molecule has 0 spiro atoms. The lowest BCUT2D eigenvalue weighted by Crippen LogP contribution is -2.60. The number of carbonyl (C=O) groups excluding carboxylic acids is 2. The van der Waals surface area contributed by atoms with Crippen molar-refractivity contribution in [2.24, 2.45) is 22.7 Å². The molecule has 0 radical (unpaired) electrons. The summed E-state index contributed by atoms with van der Waals surface area (Å²) in [6.07, 6.45) is 4.18. The van der Waals surface area contributed by atoms with E-state index in [-0.39, 0.29) is 18.3 Å². The molecule has 0 heterocycles. The highest BCUT2D eigenvalue weighted by molar-refractivity contribution is 7.92. The van der Waals surface area contributed by atoms with Crippen molar-refractivity contribution in [2.45, 2.75) is 50.7 Å². The zero-order chi connectivity index (χ0) is 17.2. The molecule has 4 rings (SSSR count). The van der Waals surface area contributed by atoms with Crippen molar-refractivity contribution in [2.75, 3.05) is 6.26 Å². The minimum absolute atomic E-state index is 0.142. The Labute approximate surface area is 135 Å². The highest BCUT2D eigenvalue weighted by Gasteiger charge is 2.64.